The van der Waals surface area contributed by atoms with Gasteiger partial charge in [-0.3, -0.25) is 5.43 Å². The highest BCUT2D eigenvalue weighted by molar-refractivity contribution is 6.30. The van der Waals surface area contributed by atoms with Gasteiger partial charge in [0.25, 0.3) is 0 Å². The van der Waals surface area contributed by atoms with E-state index in [9.17, 15) is 13.2 Å². The number of para-hydroxylation sites is 1. The number of hydrogen-bond acceptors (Lipinski definition) is 4. The van der Waals surface area contributed by atoms with Gasteiger partial charge in [0.05, 0.1) is 11.2 Å². The van der Waals surface area contributed by atoms with Crippen molar-refractivity contribution in [3.8, 4) is 0 Å². The number of benzene rings is 2. The highest BCUT2D eigenvalue weighted by Gasteiger charge is 2.35. The summed E-state index contributed by atoms with van der Waals surface area (Å²) in [7, 11) is 0. The number of hydrazone groups is 1. The van der Waals surface area contributed by atoms with E-state index in [-0.39, 0.29) is 11.3 Å². The molecule has 3 rings (SSSR count). The third kappa shape index (κ3) is 3.88. The van der Waals surface area contributed by atoms with Crippen molar-refractivity contribution < 1.29 is 13.2 Å². The van der Waals surface area contributed by atoms with Gasteiger partial charge in [0, 0.05) is 10.4 Å². The monoisotopic (exact) mass is 364 g/mol. The number of anilines is 1. The van der Waals surface area contributed by atoms with E-state index in [0.717, 1.165) is 5.56 Å². The lowest BCUT2D eigenvalue weighted by atomic mass is 10.1. The summed E-state index contributed by atoms with van der Waals surface area (Å²) in [6.07, 6.45) is -4.64. The van der Waals surface area contributed by atoms with E-state index in [0.29, 0.717) is 16.1 Å². The number of halogens is 4. The number of fused-ring (bicyclic) bond motifs is 1. The Morgan fingerprint density at radius 1 is 1.04 bits per heavy atom. The lowest BCUT2D eigenvalue weighted by Gasteiger charge is -2.10. The van der Waals surface area contributed by atoms with Crippen molar-refractivity contribution in [1.82, 2.24) is 9.97 Å². The number of nitrogens with one attached hydrogen (secondary N) is 1. The first-order chi connectivity index (χ1) is 11.8. The van der Waals surface area contributed by atoms with Gasteiger partial charge < -0.3 is 0 Å². The summed E-state index contributed by atoms with van der Waals surface area (Å²) in [5.41, 5.74) is 4.16. The predicted molar refractivity (Wildman–Crippen MR) is 91.8 cm³/mol. The summed E-state index contributed by atoms with van der Waals surface area (Å²) in [6.45, 7) is 1.73. The second-order valence-corrected chi connectivity index (χ2v) is 5.66. The van der Waals surface area contributed by atoms with E-state index in [1.54, 1.807) is 49.4 Å². The van der Waals surface area contributed by atoms with Crippen molar-refractivity contribution in [2.45, 2.75) is 13.1 Å². The van der Waals surface area contributed by atoms with Gasteiger partial charge in [0.2, 0.25) is 5.82 Å². The SMILES string of the molecule is C/C(=N/Nc1nc(C(F)(F)F)nc2ccccc12)c1ccc(Cl)cc1. The van der Waals surface area contributed by atoms with E-state index >= 15 is 0 Å². The second kappa shape index (κ2) is 6.68. The molecule has 8 heteroatoms. The minimum atomic E-state index is -4.64. The molecule has 0 unspecified atom stereocenters. The van der Waals surface area contributed by atoms with Crippen LogP contribution in [-0.4, -0.2) is 15.7 Å². The zero-order valence-electron chi connectivity index (χ0n) is 13.0. The Hall–Kier alpha value is -2.67. The van der Waals surface area contributed by atoms with Gasteiger partial charge in [0.15, 0.2) is 5.82 Å². The zero-order valence-corrected chi connectivity index (χ0v) is 13.7. The van der Waals surface area contributed by atoms with Crippen LogP contribution < -0.4 is 5.43 Å². The normalized spacial score (nSPS) is 12.4. The van der Waals surface area contributed by atoms with Crippen LogP contribution in [0.5, 0.6) is 0 Å². The summed E-state index contributed by atoms with van der Waals surface area (Å²) < 4.78 is 39.0. The van der Waals surface area contributed by atoms with Crippen LogP contribution in [-0.2, 0) is 6.18 Å². The van der Waals surface area contributed by atoms with Crippen molar-refractivity contribution in [3.63, 3.8) is 0 Å². The molecule has 0 saturated carbocycles. The first-order valence-corrected chi connectivity index (χ1v) is 7.62. The van der Waals surface area contributed by atoms with Crippen molar-refractivity contribution >= 4 is 34.0 Å². The third-order valence-electron chi connectivity index (χ3n) is 3.45. The Kier molecular flexibility index (Phi) is 4.59. The summed E-state index contributed by atoms with van der Waals surface area (Å²) >= 11 is 5.84. The predicted octanol–water partition coefficient (Wildman–Crippen LogP) is 5.14. The molecule has 128 valence electrons. The molecule has 0 aliphatic carbocycles. The van der Waals surface area contributed by atoms with Crippen LogP contribution in [0.15, 0.2) is 53.6 Å². The maximum atomic E-state index is 13.0. The Labute approximate surface area is 146 Å². The molecule has 1 N–H and O–H groups in total. The fraction of sp³-hybridized carbons (Fsp3) is 0.118. The van der Waals surface area contributed by atoms with E-state index in [4.69, 9.17) is 11.6 Å². The maximum absolute atomic E-state index is 13.0. The zero-order chi connectivity index (χ0) is 18.0. The van der Waals surface area contributed by atoms with Crippen LogP contribution in [0.1, 0.15) is 18.3 Å². The first kappa shape index (κ1) is 17.2. The number of nitrogens with zero attached hydrogens (tertiary/aromatic N) is 3. The summed E-state index contributed by atoms with van der Waals surface area (Å²) in [5, 5.41) is 5.17. The fourth-order valence-corrected chi connectivity index (χ4v) is 2.31. The van der Waals surface area contributed by atoms with E-state index in [2.05, 4.69) is 20.5 Å². The van der Waals surface area contributed by atoms with Crippen LogP contribution in [0.25, 0.3) is 10.9 Å². The quantitative estimate of drug-likeness (QED) is 0.517. The molecular formula is C17H12ClF3N4. The Balaban J connectivity index is 2.00. The fourth-order valence-electron chi connectivity index (χ4n) is 2.18. The summed E-state index contributed by atoms with van der Waals surface area (Å²) in [6, 6.07) is 13.4. The smallest absolute Gasteiger partial charge is 0.260 e. The summed E-state index contributed by atoms with van der Waals surface area (Å²) in [5.74, 6) is -1.22. The number of rotatable bonds is 3. The van der Waals surface area contributed by atoms with E-state index < -0.39 is 12.0 Å². The lowest BCUT2D eigenvalue weighted by molar-refractivity contribution is -0.144. The average molecular weight is 365 g/mol. The molecule has 1 aromatic heterocycles. The molecule has 1 heterocycles. The van der Waals surface area contributed by atoms with Crippen molar-refractivity contribution in [2.24, 2.45) is 5.10 Å². The Morgan fingerprint density at radius 2 is 1.72 bits per heavy atom. The molecule has 2 aromatic carbocycles. The van der Waals surface area contributed by atoms with E-state index in [1.807, 2.05) is 0 Å². The number of alkyl halides is 3. The highest BCUT2D eigenvalue weighted by Crippen LogP contribution is 2.30. The van der Waals surface area contributed by atoms with Gasteiger partial charge in [-0.05, 0) is 36.8 Å². The van der Waals surface area contributed by atoms with Crippen molar-refractivity contribution in [2.75, 3.05) is 5.43 Å². The lowest BCUT2D eigenvalue weighted by Crippen LogP contribution is -2.13. The molecular weight excluding hydrogens is 353 g/mol. The molecule has 0 aliphatic heterocycles. The Bertz CT molecular complexity index is 937. The van der Waals surface area contributed by atoms with Crippen LogP contribution in [0.4, 0.5) is 19.0 Å². The summed E-state index contributed by atoms with van der Waals surface area (Å²) in [4.78, 5) is 7.14. The maximum Gasteiger partial charge on any atom is 0.451 e. The first-order valence-electron chi connectivity index (χ1n) is 7.25. The standard InChI is InChI=1S/C17H12ClF3N4/c1-10(11-6-8-12(18)9-7-11)24-25-15-13-4-2-3-5-14(13)22-16(23-15)17(19,20)21/h2-9H,1H3,(H,22,23,25)/b24-10-. The topological polar surface area (TPSA) is 50.2 Å². The minimum Gasteiger partial charge on any atom is -0.260 e. The second-order valence-electron chi connectivity index (χ2n) is 5.23. The van der Waals surface area contributed by atoms with E-state index in [1.165, 1.54) is 6.07 Å². The molecule has 0 aliphatic rings. The molecule has 25 heavy (non-hydrogen) atoms. The Morgan fingerprint density at radius 3 is 2.40 bits per heavy atom. The van der Waals surface area contributed by atoms with Gasteiger partial charge in [-0.15, -0.1) is 0 Å². The molecule has 0 radical (unpaired) electrons. The van der Waals surface area contributed by atoms with Crippen LogP contribution in [0.2, 0.25) is 5.02 Å². The molecule has 0 fully saturated rings. The number of aromatic nitrogens is 2. The largest absolute Gasteiger partial charge is 0.451 e. The van der Waals surface area contributed by atoms with Gasteiger partial charge in [-0.1, -0.05) is 35.9 Å². The van der Waals surface area contributed by atoms with Gasteiger partial charge in [-0.25, -0.2) is 9.97 Å². The highest BCUT2D eigenvalue weighted by atomic mass is 35.5. The van der Waals surface area contributed by atoms with Crippen molar-refractivity contribution in [1.29, 1.82) is 0 Å². The molecule has 0 amide bonds. The van der Waals surface area contributed by atoms with Crippen LogP contribution >= 0.6 is 11.6 Å². The van der Waals surface area contributed by atoms with Gasteiger partial charge in [0.1, 0.15) is 0 Å². The third-order valence-corrected chi connectivity index (χ3v) is 3.70. The molecule has 0 spiro atoms. The van der Waals surface area contributed by atoms with Crippen molar-refractivity contribution in [3.05, 3.63) is 64.9 Å². The molecule has 0 atom stereocenters. The number of hydrogen-bond donors (Lipinski definition) is 1. The van der Waals surface area contributed by atoms with Crippen LogP contribution in [0.3, 0.4) is 0 Å². The van der Waals surface area contributed by atoms with Gasteiger partial charge in [-0.2, -0.15) is 18.3 Å². The van der Waals surface area contributed by atoms with Gasteiger partial charge >= 0.3 is 6.18 Å². The minimum absolute atomic E-state index is 0.00811. The molecule has 4 nitrogen and oxygen atoms in total. The average Bonchev–Trinajstić information content (AvgIpc) is 2.59. The molecule has 3 aromatic rings. The molecule has 0 bridgehead atoms. The van der Waals surface area contributed by atoms with Crippen LogP contribution in [0, 0.1) is 0 Å². The molecule has 0 saturated heterocycles.